The zero-order chi connectivity index (χ0) is 4.50. The van der Waals surface area contributed by atoms with Crippen LogP contribution in [0, 0.1) is 0 Å². The van der Waals surface area contributed by atoms with E-state index in [0.29, 0.717) is 0 Å². The first kappa shape index (κ1) is 22.4. The van der Waals surface area contributed by atoms with E-state index in [2.05, 4.69) is 0 Å². The van der Waals surface area contributed by atoms with E-state index in [9.17, 15) is 0 Å². The zero-order valence-corrected chi connectivity index (χ0v) is 13.4. The molecule has 8 heavy (non-hydrogen) atoms. The van der Waals surface area contributed by atoms with Crippen LogP contribution in [0.25, 0.3) is 0 Å². The van der Waals surface area contributed by atoms with Crippen LogP contribution in [0.4, 0.5) is 0 Å². The van der Waals surface area contributed by atoms with Gasteiger partial charge in [-0.2, -0.15) is 9.90 Å². The smallest absolute Gasteiger partial charge is 0.894 e. The first-order valence-corrected chi connectivity index (χ1v) is 2.45. The van der Waals surface area contributed by atoms with E-state index in [1.165, 1.54) is 0 Å². The molecule has 0 aliphatic heterocycles. The van der Waals surface area contributed by atoms with Crippen molar-refractivity contribution in [2.24, 2.45) is 0 Å². The van der Waals surface area contributed by atoms with E-state index in [1.807, 2.05) is 0 Å². The molecule has 0 aromatic heterocycles. The average Bonchev–Trinajstić information content (AvgIpc) is 0.722. The van der Waals surface area contributed by atoms with Crippen LogP contribution >= 0.6 is 9.90 Å². The van der Waals surface area contributed by atoms with Gasteiger partial charge in [0, 0.05) is 0 Å². The van der Waals surface area contributed by atoms with Crippen molar-refractivity contribution in [1.82, 2.24) is 0 Å². The molecule has 0 saturated carbocycles. The van der Waals surface area contributed by atoms with Crippen molar-refractivity contribution >= 4 is 67.8 Å². The molecule has 4 nitrogen and oxygen atoms in total. The summed E-state index contributed by atoms with van der Waals surface area (Å²) in [4.78, 5) is 34.3. The molecule has 0 aliphatic rings. The monoisotopic (exact) mass is 354 g/mol. The second-order valence-electron chi connectivity index (χ2n) is 0.500. The number of hydrogen-bond acceptors (Lipinski definition) is 4. The van der Waals surface area contributed by atoms with E-state index in [4.69, 9.17) is 19.2 Å². The van der Waals surface area contributed by atoms with Crippen LogP contribution in [-0.4, -0.2) is 57.9 Å². The topological polar surface area (TPSA) is 92.2 Å². The predicted molar refractivity (Wildman–Crippen MR) is 22.6 cm³/mol. The summed E-state index contributed by atoms with van der Waals surface area (Å²) in [7, 11) is -5.61. The van der Waals surface area contributed by atoms with Crippen LogP contribution in [0.3, 0.4) is 0 Å². The fourth-order valence-electron chi connectivity index (χ4n) is 0. The third-order valence-corrected chi connectivity index (χ3v) is 0. The summed E-state index contributed by atoms with van der Waals surface area (Å²) in [6, 6.07) is 0. The molecule has 0 amide bonds. The Morgan fingerprint density at radius 3 is 0.875 bits per heavy atom. The molecule has 1 unspecified atom stereocenters. The van der Waals surface area contributed by atoms with E-state index >= 15 is 0 Å². The van der Waals surface area contributed by atoms with Crippen LogP contribution in [0.5, 0.6) is 0 Å². The Morgan fingerprint density at radius 2 is 0.875 bits per heavy atom. The van der Waals surface area contributed by atoms with Gasteiger partial charge >= 0.3 is 75.1 Å². The van der Waals surface area contributed by atoms with Gasteiger partial charge in [-0.15, -0.1) is 0 Å². The Labute approximate surface area is 111 Å². The largest absolute Gasteiger partial charge is 4.00 e. The summed E-state index contributed by atoms with van der Waals surface area (Å²) < 4.78 is 0. The number of hydrogen-bond donors (Lipinski definition) is 0. The van der Waals surface area contributed by atoms with Crippen molar-refractivity contribution in [2.45, 2.75) is 0 Å². The van der Waals surface area contributed by atoms with Gasteiger partial charge in [0.2, 0.25) is 0 Å². The summed E-state index contributed by atoms with van der Waals surface area (Å²) in [5.41, 5.74) is 0. The summed E-state index contributed by atoms with van der Waals surface area (Å²) >= 11 is 0. The summed E-state index contributed by atoms with van der Waals surface area (Å²) in [5, 5.41) is 0. The molecule has 0 fully saturated rings. The maximum absolute atomic E-state index is 8.58. The molecule has 0 spiro atoms. The second kappa shape index (κ2) is 9.94. The Balaban J connectivity index is -0.0000000267. The van der Waals surface area contributed by atoms with E-state index in [1.54, 1.807) is 0 Å². The molecule has 8 heteroatoms. The van der Waals surface area contributed by atoms with Gasteiger partial charge in [-0.1, -0.05) is 0 Å². The molecular weight excluding hydrogens is 352 g/mol. The molecule has 0 radical (unpaired) electrons. The number of rotatable bonds is 0. The van der Waals surface area contributed by atoms with E-state index in [0.717, 1.165) is 0 Å². The quantitative estimate of drug-likeness (QED) is 0.320. The molecule has 0 bridgehead atoms. The van der Waals surface area contributed by atoms with Gasteiger partial charge in [-0.3, -0.25) is 0 Å². The molecule has 0 aromatic rings. The normalized spacial score (nSPS) is 7.50. The van der Waals surface area contributed by atoms with Gasteiger partial charge in [0.1, 0.15) is 0 Å². The van der Waals surface area contributed by atoms with Gasteiger partial charge in [0.15, 0.2) is 0 Å². The van der Waals surface area contributed by atoms with Crippen LogP contribution in [0.1, 0.15) is 0 Å². The molecule has 0 heterocycles. The van der Waals surface area contributed by atoms with Gasteiger partial charge in [0.05, 0.1) is 0 Å². The Kier molecular flexibility index (Phi) is 27.9. The predicted octanol–water partition coefficient (Wildman–Crippen LogP) is -5.46. The second-order valence-corrected chi connectivity index (χ2v) is 1.50. The van der Waals surface area contributed by atoms with Crippen LogP contribution < -0.4 is 19.2 Å². The van der Waals surface area contributed by atoms with Crippen molar-refractivity contribution in [3.05, 3.63) is 0 Å². The fraction of sp³-hybridized carbons (Fsp3) is 0. The third kappa shape index (κ3) is 65.2. The first-order valence-electron chi connectivity index (χ1n) is 0.816. The Morgan fingerprint density at radius 1 is 0.875 bits per heavy atom. The molecule has 1 atom stereocenters. The Hall–Kier alpha value is 2.94. The first-order chi connectivity index (χ1) is 2.00. The van der Waals surface area contributed by atoms with Gasteiger partial charge in [-0.25, -0.2) is 0 Å². The molecular formula is H3BaO4PSiZr+2. The van der Waals surface area contributed by atoms with Crippen molar-refractivity contribution in [3.8, 4) is 0 Å². The van der Waals surface area contributed by atoms with Crippen LogP contribution in [-0.2, 0) is 26.2 Å². The van der Waals surface area contributed by atoms with Crippen molar-refractivity contribution in [1.29, 1.82) is 0 Å². The minimum absolute atomic E-state index is 0. The molecule has 0 aliphatic carbocycles. The molecule has 40 valence electrons. The minimum atomic E-state index is -5.61. The average molecular weight is 355 g/mol. The van der Waals surface area contributed by atoms with Crippen molar-refractivity contribution < 1.29 is 45.4 Å². The van der Waals surface area contributed by atoms with E-state index < -0.39 is 9.05 Å². The van der Waals surface area contributed by atoms with Crippen LogP contribution in [0.15, 0.2) is 0 Å². The molecule has 0 rings (SSSR count). The zero-order valence-electron chi connectivity index (χ0n) is 4.05. The molecule has 0 N–H and O–H groups in total. The maximum atomic E-state index is 8.58. The third-order valence-electron chi connectivity index (χ3n) is 0. The van der Waals surface area contributed by atoms with Gasteiger partial charge in [0.25, 0.3) is 0 Å². The molecule has 0 aromatic carbocycles. The summed E-state index contributed by atoms with van der Waals surface area (Å²) in [6.07, 6.45) is 0. The van der Waals surface area contributed by atoms with Gasteiger partial charge < -0.3 is 28.2 Å². The fourth-order valence-corrected chi connectivity index (χ4v) is 0. The summed E-state index contributed by atoms with van der Waals surface area (Å²) in [5.74, 6) is 0. The van der Waals surface area contributed by atoms with Crippen molar-refractivity contribution in [3.63, 3.8) is 0 Å². The van der Waals surface area contributed by atoms with Gasteiger partial charge in [-0.05, 0) is 0 Å². The Bertz CT molecular complexity index is 31.5. The SMILES string of the molecule is P.[Ba+2].[O-][Si]([O-])([O-])[O-].[Zr+4]. The minimum Gasteiger partial charge on any atom is -0.894 e. The van der Waals surface area contributed by atoms with Crippen LogP contribution in [0.2, 0.25) is 0 Å². The standard InChI is InChI=1S/Ba.O4Si.H3P.Zr/c;1-5(2,3)4;;/h;;1H3;/q+2;-4;;+4. The maximum Gasteiger partial charge on any atom is 4.00 e. The molecule has 0 saturated heterocycles. The van der Waals surface area contributed by atoms with Crippen molar-refractivity contribution in [2.75, 3.05) is 0 Å². The summed E-state index contributed by atoms with van der Waals surface area (Å²) in [6.45, 7) is 0. The van der Waals surface area contributed by atoms with E-state index in [-0.39, 0.29) is 85.0 Å².